The van der Waals surface area contributed by atoms with E-state index >= 15 is 0 Å². The Kier molecular flexibility index (Phi) is 3.82. The smallest absolute Gasteiger partial charge is 0.243 e. The number of aryl methyl sites for hydroxylation is 2. The molecule has 0 saturated carbocycles. The molecule has 1 aromatic carbocycles. The zero-order valence-corrected chi connectivity index (χ0v) is 12.5. The highest BCUT2D eigenvalue weighted by Gasteiger charge is 2.21. The Hall–Kier alpha value is -1.86. The molecule has 20 heavy (non-hydrogen) atoms. The van der Waals surface area contributed by atoms with Crippen molar-refractivity contribution in [3.05, 3.63) is 41.2 Å². The number of sulfonamides is 1. The molecular formula is C13H18N4O2S. The maximum absolute atomic E-state index is 12.4. The monoisotopic (exact) mass is 294 g/mol. The van der Waals surface area contributed by atoms with E-state index in [2.05, 4.69) is 9.82 Å². The molecule has 0 radical (unpaired) electrons. The predicted octanol–water partition coefficient (Wildman–Crippen LogP) is 1.10. The summed E-state index contributed by atoms with van der Waals surface area (Å²) in [6, 6.07) is 5.18. The number of rotatable bonds is 4. The van der Waals surface area contributed by atoms with Crippen LogP contribution in [0.3, 0.4) is 0 Å². The Balaban J connectivity index is 2.29. The lowest BCUT2D eigenvalue weighted by atomic mass is 10.1. The number of nitrogens with zero attached hydrogens (tertiary/aromatic N) is 2. The minimum absolute atomic E-state index is 0.135. The molecule has 0 fully saturated rings. The van der Waals surface area contributed by atoms with E-state index < -0.39 is 10.0 Å². The number of nitrogen functional groups attached to an aromatic ring is 1. The highest BCUT2D eigenvalue weighted by atomic mass is 32.2. The number of nitrogens with two attached hydrogens (primary N) is 1. The molecule has 6 nitrogen and oxygen atoms in total. The zero-order chi connectivity index (χ0) is 14.9. The molecule has 0 atom stereocenters. The van der Waals surface area contributed by atoms with Crippen LogP contribution in [0.25, 0.3) is 0 Å². The first-order valence-electron chi connectivity index (χ1n) is 6.15. The van der Waals surface area contributed by atoms with E-state index in [9.17, 15) is 8.42 Å². The van der Waals surface area contributed by atoms with Gasteiger partial charge in [-0.05, 0) is 37.1 Å². The molecule has 0 amide bonds. The Morgan fingerprint density at radius 3 is 2.60 bits per heavy atom. The Morgan fingerprint density at radius 2 is 2.00 bits per heavy atom. The van der Waals surface area contributed by atoms with Crippen molar-refractivity contribution < 1.29 is 8.42 Å². The van der Waals surface area contributed by atoms with Gasteiger partial charge in [-0.1, -0.05) is 6.07 Å². The van der Waals surface area contributed by atoms with Gasteiger partial charge in [-0.2, -0.15) is 5.10 Å². The largest absolute Gasteiger partial charge is 0.398 e. The number of hydrogen-bond donors (Lipinski definition) is 2. The van der Waals surface area contributed by atoms with Crippen LogP contribution in [0.1, 0.15) is 16.8 Å². The van der Waals surface area contributed by atoms with Crippen molar-refractivity contribution in [1.29, 1.82) is 0 Å². The van der Waals surface area contributed by atoms with Crippen molar-refractivity contribution in [2.75, 3.05) is 5.73 Å². The fourth-order valence-corrected chi connectivity index (χ4v) is 3.39. The van der Waals surface area contributed by atoms with Gasteiger partial charge in [-0.3, -0.25) is 4.68 Å². The van der Waals surface area contributed by atoms with Gasteiger partial charge in [0, 0.05) is 13.2 Å². The molecule has 0 aliphatic carbocycles. The van der Waals surface area contributed by atoms with Gasteiger partial charge in [0.2, 0.25) is 10.0 Å². The van der Waals surface area contributed by atoms with Crippen LogP contribution in [0.2, 0.25) is 0 Å². The fraction of sp³-hybridized carbons (Fsp3) is 0.308. The Labute approximate surface area is 118 Å². The number of anilines is 1. The van der Waals surface area contributed by atoms with Crippen molar-refractivity contribution in [2.24, 2.45) is 7.05 Å². The molecule has 0 aliphatic rings. The summed E-state index contributed by atoms with van der Waals surface area (Å²) in [5.74, 6) is 0. The zero-order valence-electron chi connectivity index (χ0n) is 11.7. The summed E-state index contributed by atoms with van der Waals surface area (Å²) < 4.78 is 28.9. The molecule has 1 aromatic heterocycles. The van der Waals surface area contributed by atoms with E-state index in [1.807, 2.05) is 13.0 Å². The van der Waals surface area contributed by atoms with Gasteiger partial charge in [-0.25, -0.2) is 13.1 Å². The number of aromatic nitrogens is 2. The van der Waals surface area contributed by atoms with Crippen LogP contribution in [0.15, 0.2) is 29.3 Å². The van der Waals surface area contributed by atoms with Crippen molar-refractivity contribution >= 4 is 15.7 Å². The standard InChI is InChI=1S/C13H18N4O2S/c1-9-4-5-12(14)13(10(9)2)20(18,19)15-8-11-6-7-17(3)16-11/h4-7,15H,8,14H2,1-3H3. The SMILES string of the molecule is Cc1ccc(N)c(S(=O)(=O)NCc2ccn(C)n2)c1C. The van der Waals surface area contributed by atoms with Crippen LogP contribution in [-0.2, 0) is 23.6 Å². The lowest BCUT2D eigenvalue weighted by Gasteiger charge is -2.13. The average Bonchev–Trinajstić information content (AvgIpc) is 2.78. The summed E-state index contributed by atoms with van der Waals surface area (Å²) in [5.41, 5.74) is 8.27. The molecule has 0 bridgehead atoms. The Morgan fingerprint density at radius 1 is 1.30 bits per heavy atom. The van der Waals surface area contributed by atoms with Crippen LogP contribution in [0, 0.1) is 13.8 Å². The highest BCUT2D eigenvalue weighted by molar-refractivity contribution is 7.89. The van der Waals surface area contributed by atoms with Crippen molar-refractivity contribution in [3.63, 3.8) is 0 Å². The molecule has 0 spiro atoms. The maximum atomic E-state index is 12.4. The highest BCUT2D eigenvalue weighted by Crippen LogP contribution is 2.25. The van der Waals surface area contributed by atoms with Crippen molar-refractivity contribution in [1.82, 2.24) is 14.5 Å². The predicted molar refractivity (Wildman–Crippen MR) is 77.6 cm³/mol. The molecule has 2 aromatic rings. The second-order valence-corrected chi connectivity index (χ2v) is 6.43. The third-order valence-electron chi connectivity index (χ3n) is 3.19. The quantitative estimate of drug-likeness (QED) is 0.826. The lowest BCUT2D eigenvalue weighted by molar-refractivity contribution is 0.579. The van der Waals surface area contributed by atoms with Crippen LogP contribution < -0.4 is 10.5 Å². The molecule has 0 saturated heterocycles. The summed E-state index contributed by atoms with van der Waals surface area (Å²) in [6.45, 7) is 3.74. The molecule has 2 rings (SSSR count). The lowest BCUT2D eigenvalue weighted by Crippen LogP contribution is -2.25. The summed E-state index contributed by atoms with van der Waals surface area (Å²) in [7, 11) is -1.88. The summed E-state index contributed by atoms with van der Waals surface area (Å²) in [5, 5.41) is 4.13. The first kappa shape index (κ1) is 14.5. The van der Waals surface area contributed by atoms with Gasteiger partial charge in [0.15, 0.2) is 0 Å². The van der Waals surface area contributed by atoms with Crippen LogP contribution >= 0.6 is 0 Å². The van der Waals surface area contributed by atoms with Crippen LogP contribution in [0.4, 0.5) is 5.69 Å². The normalized spacial score (nSPS) is 11.8. The first-order chi connectivity index (χ1) is 9.31. The van der Waals surface area contributed by atoms with Gasteiger partial charge < -0.3 is 5.73 Å². The average molecular weight is 294 g/mol. The molecular weight excluding hydrogens is 276 g/mol. The summed E-state index contributed by atoms with van der Waals surface area (Å²) in [6.07, 6.45) is 1.76. The second-order valence-electron chi connectivity index (χ2n) is 4.73. The van der Waals surface area contributed by atoms with E-state index in [0.29, 0.717) is 11.3 Å². The van der Waals surface area contributed by atoms with E-state index in [1.54, 1.807) is 37.0 Å². The molecule has 108 valence electrons. The molecule has 0 aliphatic heterocycles. The van der Waals surface area contributed by atoms with E-state index in [4.69, 9.17) is 5.73 Å². The molecule has 7 heteroatoms. The van der Waals surface area contributed by atoms with Crippen LogP contribution in [0.5, 0.6) is 0 Å². The first-order valence-corrected chi connectivity index (χ1v) is 7.63. The Bertz CT molecular complexity index is 735. The van der Waals surface area contributed by atoms with Gasteiger partial charge in [0.25, 0.3) is 0 Å². The van der Waals surface area contributed by atoms with E-state index in [-0.39, 0.29) is 17.1 Å². The maximum Gasteiger partial charge on any atom is 0.243 e. The third kappa shape index (κ3) is 2.83. The third-order valence-corrected chi connectivity index (χ3v) is 4.79. The minimum Gasteiger partial charge on any atom is -0.398 e. The molecule has 1 heterocycles. The molecule has 0 unspecified atom stereocenters. The number of nitrogens with one attached hydrogen (secondary N) is 1. The topological polar surface area (TPSA) is 90.0 Å². The fourth-order valence-electron chi connectivity index (χ4n) is 1.97. The van der Waals surface area contributed by atoms with Gasteiger partial charge in [0.1, 0.15) is 4.90 Å². The van der Waals surface area contributed by atoms with Crippen molar-refractivity contribution in [3.8, 4) is 0 Å². The molecule has 3 N–H and O–H groups in total. The van der Waals surface area contributed by atoms with Gasteiger partial charge >= 0.3 is 0 Å². The van der Waals surface area contributed by atoms with Gasteiger partial charge in [0.05, 0.1) is 17.9 Å². The van der Waals surface area contributed by atoms with Crippen molar-refractivity contribution in [2.45, 2.75) is 25.3 Å². The second kappa shape index (κ2) is 5.26. The van der Waals surface area contributed by atoms with Crippen LogP contribution in [-0.4, -0.2) is 18.2 Å². The number of benzene rings is 1. The van der Waals surface area contributed by atoms with E-state index in [1.165, 1.54) is 0 Å². The summed E-state index contributed by atoms with van der Waals surface area (Å²) >= 11 is 0. The minimum atomic E-state index is -3.66. The van der Waals surface area contributed by atoms with E-state index in [0.717, 1.165) is 5.56 Å². The summed E-state index contributed by atoms with van der Waals surface area (Å²) in [4.78, 5) is 0.147. The van der Waals surface area contributed by atoms with Gasteiger partial charge in [-0.15, -0.1) is 0 Å². The number of hydrogen-bond acceptors (Lipinski definition) is 4.